The monoisotopic (exact) mass is 275 g/mol. The van der Waals surface area contributed by atoms with E-state index in [1.807, 2.05) is 25.1 Å². The van der Waals surface area contributed by atoms with E-state index in [9.17, 15) is 0 Å². The highest BCUT2D eigenvalue weighted by Gasteiger charge is 2.08. The number of fused-ring (bicyclic) bond motifs is 1. The summed E-state index contributed by atoms with van der Waals surface area (Å²) < 4.78 is 1.20. The van der Waals surface area contributed by atoms with E-state index in [1.165, 1.54) is 4.70 Å². The van der Waals surface area contributed by atoms with Crippen LogP contribution in [0.1, 0.15) is 16.3 Å². The summed E-state index contributed by atoms with van der Waals surface area (Å²) in [6, 6.07) is 8.13. The third-order valence-corrected chi connectivity index (χ3v) is 3.92. The Labute approximate surface area is 114 Å². The minimum absolute atomic E-state index is 0.289. The maximum absolute atomic E-state index is 5.82. The molecular formula is C13H10ClN3S. The minimum atomic E-state index is 0.289. The summed E-state index contributed by atoms with van der Waals surface area (Å²) in [5.41, 5.74) is 3.02. The van der Waals surface area contributed by atoms with Crippen LogP contribution in [0.25, 0.3) is 10.2 Å². The molecule has 1 aromatic carbocycles. The lowest BCUT2D eigenvalue weighted by atomic mass is 10.2. The summed E-state index contributed by atoms with van der Waals surface area (Å²) >= 11 is 7.51. The Bertz CT molecular complexity index is 675. The Kier molecular flexibility index (Phi) is 2.97. The summed E-state index contributed by atoms with van der Waals surface area (Å²) in [6.07, 6.45) is 2.45. The largest absolute Gasteiger partial charge is 0.241 e. The number of hydrogen-bond donors (Lipinski definition) is 0. The number of para-hydroxylation sites is 1. The van der Waals surface area contributed by atoms with E-state index in [-0.39, 0.29) is 5.28 Å². The first-order valence-electron chi connectivity index (χ1n) is 5.55. The number of aryl methyl sites for hydroxylation is 1. The van der Waals surface area contributed by atoms with Crippen LogP contribution in [0.3, 0.4) is 0 Å². The fourth-order valence-corrected chi connectivity index (χ4v) is 2.89. The molecule has 90 valence electrons. The van der Waals surface area contributed by atoms with E-state index in [0.29, 0.717) is 6.42 Å². The van der Waals surface area contributed by atoms with Gasteiger partial charge in [0.25, 0.3) is 0 Å². The van der Waals surface area contributed by atoms with Gasteiger partial charge in [0.2, 0.25) is 5.28 Å². The molecule has 0 aliphatic rings. The van der Waals surface area contributed by atoms with Crippen LogP contribution < -0.4 is 0 Å². The van der Waals surface area contributed by atoms with Crippen molar-refractivity contribution in [1.29, 1.82) is 0 Å². The van der Waals surface area contributed by atoms with Gasteiger partial charge in [-0.3, -0.25) is 0 Å². The second-order valence-corrected chi connectivity index (χ2v) is 5.47. The number of aromatic nitrogens is 3. The Morgan fingerprint density at radius 2 is 2.06 bits per heavy atom. The summed E-state index contributed by atoms with van der Waals surface area (Å²) in [5, 5.41) is 1.34. The summed E-state index contributed by atoms with van der Waals surface area (Å²) in [6.45, 7) is 1.99. The van der Waals surface area contributed by atoms with Gasteiger partial charge in [0.05, 0.1) is 20.9 Å². The molecule has 3 rings (SSSR count). The second kappa shape index (κ2) is 4.63. The van der Waals surface area contributed by atoms with Gasteiger partial charge in [0.15, 0.2) is 0 Å². The zero-order chi connectivity index (χ0) is 12.5. The molecule has 5 heteroatoms. The molecule has 0 amide bonds. The molecule has 0 N–H and O–H groups in total. The van der Waals surface area contributed by atoms with Crippen molar-refractivity contribution >= 4 is 33.2 Å². The Morgan fingerprint density at radius 3 is 2.89 bits per heavy atom. The van der Waals surface area contributed by atoms with Crippen LogP contribution in [0, 0.1) is 6.92 Å². The molecule has 0 saturated carbocycles. The number of thiazole rings is 1. The van der Waals surface area contributed by atoms with Crippen molar-refractivity contribution in [2.75, 3.05) is 0 Å². The van der Waals surface area contributed by atoms with E-state index < -0.39 is 0 Å². The SMILES string of the molecule is Cc1cnc(Cl)nc1Cc1nc2ccccc2s1. The van der Waals surface area contributed by atoms with Gasteiger partial charge in [-0.15, -0.1) is 11.3 Å². The Balaban J connectivity index is 1.98. The molecule has 0 spiro atoms. The minimum Gasteiger partial charge on any atom is -0.241 e. The summed E-state index contributed by atoms with van der Waals surface area (Å²) in [4.78, 5) is 12.8. The third-order valence-electron chi connectivity index (χ3n) is 2.70. The highest BCUT2D eigenvalue weighted by Crippen LogP contribution is 2.24. The highest BCUT2D eigenvalue weighted by atomic mass is 35.5. The maximum Gasteiger partial charge on any atom is 0.222 e. The fourth-order valence-electron chi connectivity index (χ4n) is 1.77. The Hall–Kier alpha value is -1.52. The molecule has 0 unspecified atom stereocenters. The van der Waals surface area contributed by atoms with E-state index in [2.05, 4.69) is 21.0 Å². The van der Waals surface area contributed by atoms with Gasteiger partial charge in [-0.05, 0) is 36.2 Å². The number of hydrogen-bond acceptors (Lipinski definition) is 4. The number of rotatable bonds is 2. The molecule has 2 heterocycles. The lowest BCUT2D eigenvalue weighted by Gasteiger charge is -2.01. The third kappa shape index (κ3) is 2.21. The topological polar surface area (TPSA) is 38.7 Å². The van der Waals surface area contributed by atoms with Crippen molar-refractivity contribution in [3.63, 3.8) is 0 Å². The molecule has 0 fully saturated rings. The molecule has 0 atom stereocenters. The Morgan fingerprint density at radius 1 is 1.22 bits per heavy atom. The van der Waals surface area contributed by atoms with Gasteiger partial charge in [-0.2, -0.15) is 0 Å². The van der Waals surface area contributed by atoms with Gasteiger partial charge in [-0.1, -0.05) is 12.1 Å². The van der Waals surface area contributed by atoms with Gasteiger partial charge in [0, 0.05) is 12.6 Å². The van der Waals surface area contributed by atoms with Crippen molar-refractivity contribution < 1.29 is 0 Å². The first kappa shape index (κ1) is 11.6. The summed E-state index contributed by atoms with van der Waals surface area (Å²) in [7, 11) is 0. The smallest absolute Gasteiger partial charge is 0.222 e. The van der Waals surface area contributed by atoms with E-state index in [1.54, 1.807) is 17.5 Å². The van der Waals surface area contributed by atoms with Crippen LogP contribution in [0.15, 0.2) is 30.5 Å². The number of benzene rings is 1. The molecule has 18 heavy (non-hydrogen) atoms. The first-order valence-corrected chi connectivity index (χ1v) is 6.74. The molecule has 3 aromatic rings. The first-order chi connectivity index (χ1) is 8.72. The molecule has 0 bridgehead atoms. The van der Waals surface area contributed by atoms with Crippen molar-refractivity contribution in [3.8, 4) is 0 Å². The van der Waals surface area contributed by atoms with Crippen molar-refractivity contribution in [2.24, 2.45) is 0 Å². The predicted octanol–water partition coefficient (Wildman–Crippen LogP) is 3.64. The van der Waals surface area contributed by atoms with Crippen LogP contribution in [0.5, 0.6) is 0 Å². The zero-order valence-electron chi connectivity index (χ0n) is 9.72. The average Bonchev–Trinajstić information content (AvgIpc) is 2.76. The maximum atomic E-state index is 5.82. The van der Waals surface area contributed by atoms with Gasteiger partial charge in [0.1, 0.15) is 0 Å². The molecular weight excluding hydrogens is 266 g/mol. The highest BCUT2D eigenvalue weighted by molar-refractivity contribution is 7.18. The van der Waals surface area contributed by atoms with Crippen molar-refractivity contribution in [1.82, 2.24) is 15.0 Å². The van der Waals surface area contributed by atoms with E-state index >= 15 is 0 Å². The molecule has 3 nitrogen and oxygen atoms in total. The lowest BCUT2D eigenvalue weighted by Crippen LogP contribution is -1.97. The van der Waals surface area contributed by atoms with E-state index in [4.69, 9.17) is 11.6 Å². The number of nitrogens with zero attached hydrogens (tertiary/aromatic N) is 3. The van der Waals surface area contributed by atoms with Crippen LogP contribution in [-0.2, 0) is 6.42 Å². The average molecular weight is 276 g/mol. The van der Waals surface area contributed by atoms with E-state index in [0.717, 1.165) is 21.8 Å². The normalized spacial score (nSPS) is 11.0. The van der Waals surface area contributed by atoms with Crippen LogP contribution >= 0.6 is 22.9 Å². The van der Waals surface area contributed by atoms with Crippen LogP contribution in [0.4, 0.5) is 0 Å². The standard InChI is InChI=1S/C13H10ClN3S/c1-8-7-15-13(14)17-10(8)6-12-16-9-4-2-3-5-11(9)18-12/h2-5,7H,6H2,1H3. The zero-order valence-corrected chi connectivity index (χ0v) is 11.3. The van der Waals surface area contributed by atoms with Crippen molar-refractivity contribution in [2.45, 2.75) is 13.3 Å². The fraction of sp³-hybridized carbons (Fsp3) is 0.154. The lowest BCUT2D eigenvalue weighted by molar-refractivity contribution is 0.988. The predicted molar refractivity (Wildman–Crippen MR) is 74.2 cm³/mol. The molecule has 2 aromatic heterocycles. The molecule has 0 radical (unpaired) electrons. The van der Waals surface area contributed by atoms with Crippen LogP contribution in [0.2, 0.25) is 5.28 Å². The van der Waals surface area contributed by atoms with Gasteiger partial charge >= 0.3 is 0 Å². The van der Waals surface area contributed by atoms with Gasteiger partial charge < -0.3 is 0 Å². The molecule has 0 saturated heterocycles. The molecule has 0 aliphatic heterocycles. The van der Waals surface area contributed by atoms with Gasteiger partial charge in [-0.25, -0.2) is 15.0 Å². The second-order valence-electron chi connectivity index (χ2n) is 4.02. The quantitative estimate of drug-likeness (QED) is 0.670. The summed E-state index contributed by atoms with van der Waals surface area (Å²) in [5.74, 6) is 0. The van der Waals surface area contributed by atoms with Crippen LogP contribution in [-0.4, -0.2) is 15.0 Å². The molecule has 0 aliphatic carbocycles. The van der Waals surface area contributed by atoms with Crippen molar-refractivity contribution in [3.05, 3.63) is 52.0 Å². The number of halogens is 1.